The molecule has 0 fully saturated rings. The van der Waals surface area contributed by atoms with Crippen molar-refractivity contribution < 1.29 is 0 Å². The van der Waals surface area contributed by atoms with Gasteiger partial charge in [-0.2, -0.15) is 0 Å². The molecule has 138 valence electrons. The zero-order chi connectivity index (χ0) is 19.4. The largest absolute Gasteiger partial charge is 0.344 e. The van der Waals surface area contributed by atoms with Gasteiger partial charge in [0.05, 0.1) is 0 Å². The lowest BCUT2D eigenvalue weighted by molar-refractivity contribution is 0.983. The molecule has 2 heterocycles. The maximum atomic E-state index is 2.41. The molecule has 29 heavy (non-hydrogen) atoms. The molecule has 1 aliphatic heterocycles. The van der Waals surface area contributed by atoms with Gasteiger partial charge < -0.3 is 4.57 Å². The summed E-state index contributed by atoms with van der Waals surface area (Å²) in [5.41, 5.74) is 4.09. The van der Waals surface area contributed by atoms with Crippen molar-refractivity contribution in [1.82, 2.24) is 4.57 Å². The Kier molecular flexibility index (Phi) is 3.47. The third kappa shape index (κ3) is 2.04. The SMILES string of the molecule is Cn1c2c(c3ccccc31)[Si](c1ccccc1)(c1ccccc1)c1ccccc1-2. The molecular formula is C27H21NSi. The lowest BCUT2D eigenvalue weighted by Crippen LogP contribution is -2.72. The molecule has 2 heteroatoms. The first-order valence-corrected chi connectivity index (χ1v) is 12.1. The number of hydrogen-bond acceptors (Lipinski definition) is 0. The van der Waals surface area contributed by atoms with E-state index >= 15 is 0 Å². The summed E-state index contributed by atoms with van der Waals surface area (Å²) >= 11 is 0. The minimum absolute atomic E-state index is 1.32. The molecule has 0 radical (unpaired) electrons. The molecule has 0 amide bonds. The Morgan fingerprint density at radius 2 is 1.14 bits per heavy atom. The van der Waals surface area contributed by atoms with Crippen LogP contribution in [-0.4, -0.2) is 12.6 Å². The van der Waals surface area contributed by atoms with Gasteiger partial charge in [-0.1, -0.05) is 103 Å². The molecule has 1 nitrogen and oxygen atoms in total. The van der Waals surface area contributed by atoms with E-state index in [9.17, 15) is 0 Å². The van der Waals surface area contributed by atoms with Crippen LogP contribution < -0.4 is 20.7 Å². The second kappa shape index (κ2) is 6.07. The molecule has 0 N–H and O–H groups in total. The lowest BCUT2D eigenvalue weighted by Gasteiger charge is -2.31. The summed E-state index contributed by atoms with van der Waals surface area (Å²) in [6.07, 6.45) is 0. The summed E-state index contributed by atoms with van der Waals surface area (Å²) in [5, 5.41) is 7.33. The monoisotopic (exact) mass is 387 g/mol. The van der Waals surface area contributed by atoms with E-state index in [4.69, 9.17) is 0 Å². The second-order valence-corrected chi connectivity index (χ2v) is 11.5. The third-order valence-corrected chi connectivity index (χ3v) is 11.4. The van der Waals surface area contributed by atoms with Gasteiger partial charge in [-0.25, -0.2) is 0 Å². The molecular weight excluding hydrogens is 366 g/mol. The molecule has 1 aliphatic rings. The van der Waals surface area contributed by atoms with Gasteiger partial charge in [0, 0.05) is 23.6 Å². The number of benzene rings is 4. The highest BCUT2D eigenvalue weighted by atomic mass is 28.3. The molecule has 6 rings (SSSR count). The molecule has 0 saturated heterocycles. The lowest BCUT2D eigenvalue weighted by atomic mass is 10.1. The Morgan fingerprint density at radius 1 is 0.586 bits per heavy atom. The van der Waals surface area contributed by atoms with Crippen LogP contribution in [0, 0.1) is 0 Å². The Labute approximate surface area is 171 Å². The van der Waals surface area contributed by atoms with Gasteiger partial charge in [0.25, 0.3) is 0 Å². The van der Waals surface area contributed by atoms with Crippen LogP contribution in [0.25, 0.3) is 22.2 Å². The molecule has 0 unspecified atom stereocenters. The van der Waals surface area contributed by atoms with E-state index in [0.717, 1.165) is 0 Å². The Hall–Kier alpha value is -3.36. The number of aryl methyl sites for hydroxylation is 1. The highest BCUT2D eigenvalue weighted by Crippen LogP contribution is 2.33. The standard InChI is InChI=1S/C27H21NSi/c1-28-24-18-10-8-16-22(24)27-26(28)23-17-9-11-19-25(23)29(27,20-12-4-2-5-13-20)21-14-6-3-7-15-21/h2-19H,1H3. The fourth-order valence-electron chi connectivity index (χ4n) is 5.38. The quantitative estimate of drug-likeness (QED) is 0.401. The zero-order valence-corrected chi connectivity index (χ0v) is 17.3. The van der Waals surface area contributed by atoms with E-state index in [0.29, 0.717) is 0 Å². The first-order chi connectivity index (χ1) is 14.3. The van der Waals surface area contributed by atoms with Gasteiger partial charge in [-0.05, 0) is 32.4 Å². The Balaban J connectivity index is 1.89. The predicted octanol–water partition coefficient (Wildman–Crippen LogP) is 3.54. The highest BCUT2D eigenvalue weighted by molar-refractivity contribution is 7.23. The average molecular weight is 388 g/mol. The third-order valence-electron chi connectivity index (χ3n) is 6.48. The van der Waals surface area contributed by atoms with Gasteiger partial charge >= 0.3 is 0 Å². The molecule has 0 spiro atoms. The van der Waals surface area contributed by atoms with Crippen molar-refractivity contribution in [2.45, 2.75) is 0 Å². The number of nitrogens with zero attached hydrogens (tertiary/aromatic N) is 1. The van der Waals surface area contributed by atoms with Gasteiger partial charge in [0.15, 0.2) is 8.07 Å². The molecule has 0 atom stereocenters. The highest BCUT2D eigenvalue weighted by Gasteiger charge is 2.51. The van der Waals surface area contributed by atoms with Crippen LogP contribution >= 0.6 is 0 Å². The van der Waals surface area contributed by atoms with Crippen LogP contribution in [-0.2, 0) is 7.05 Å². The van der Waals surface area contributed by atoms with Crippen molar-refractivity contribution in [2.75, 3.05) is 0 Å². The van der Waals surface area contributed by atoms with Crippen LogP contribution in [0.15, 0.2) is 109 Å². The molecule has 0 bridgehead atoms. The summed E-state index contributed by atoms with van der Waals surface area (Å²) in [4.78, 5) is 0. The van der Waals surface area contributed by atoms with Crippen LogP contribution in [0.1, 0.15) is 0 Å². The average Bonchev–Trinajstić information content (AvgIpc) is 3.27. The normalized spacial score (nSPS) is 14.0. The molecule has 5 aromatic rings. The summed E-state index contributed by atoms with van der Waals surface area (Å²) in [7, 11) is -0.170. The predicted molar refractivity (Wildman–Crippen MR) is 126 cm³/mol. The first kappa shape index (κ1) is 16.6. The fraction of sp³-hybridized carbons (Fsp3) is 0.0370. The maximum Gasteiger partial charge on any atom is 0.183 e. The van der Waals surface area contributed by atoms with E-state index < -0.39 is 8.07 Å². The topological polar surface area (TPSA) is 4.93 Å². The second-order valence-electron chi connectivity index (χ2n) is 7.83. The molecule has 0 saturated carbocycles. The number of aromatic nitrogens is 1. The van der Waals surface area contributed by atoms with Crippen LogP contribution in [0.5, 0.6) is 0 Å². The van der Waals surface area contributed by atoms with Crippen molar-refractivity contribution in [3.8, 4) is 11.3 Å². The van der Waals surface area contributed by atoms with Crippen molar-refractivity contribution in [2.24, 2.45) is 7.05 Å². The van der Waals surface area contributed by atoms with Crippen LogP contribution in [0.3, 0.4) is 0 Å². The number of rotatable bonds is 2. The van der Waals surface area contributed by atoms with Crippen molar-refractivity contribution in [3.05, 3.63) is 109 Å². The molecule has 1 aromatic heterocycles. The van der Waals surface area contributed by atoms with Gasteiger partial charge in [-0.15, -0.1) is 0 Å². The van der Waals surface area contributed by atoms with Crippen LogP contribution in [0.2, 0.25) is 0 Å². The van der Waals surface area contributed by atoms with Crippen molar-refractivity contribution in [3.63, 3.8) is 0 Å². The van der Waals surface area contributed by atoms with Crippen LogP contribution in [0.4, 0.5) is 0 Å². The number of fused-ring (bicyclic) bond motifs is 5. The smallest absolute Gasteiger partial charge is 0.183 e. The van der Waals surface area contributed by atoms with Gasteiger partial charge in [0.2, 0.25) is 0 Å². The summed E-state index contributed by atoms with van der Waals surface area (Å²) in [6.45, 7) is 0. The first-order valence-electron chi connectivity index (χ1n) is 10.1. The summed E-state index contributed by atoms with van der Waals surface area (Å²) < 4.78 is 2.41. The fourth-order valence-corrected chi connectivity index (χ4v) is 10.8. The van der Waals surface area contributed by atoms with Crippen molar-refractivity contribution in [1.29, 1.82) is 0 Å². The van der Waals surface area contributed by atoms with E-state index in [1.807, 2.05) is 0 Å². The van der Waals surface area contributed by atoms with Crippen molar-refractivity contribution >= 4 is 39.7 Å². The van der Waals surface area contributed by atoms with Gasteiger partial charge in [0.1, 0.15) is 0 Å². The number of hydrogen-bond donors (Lipinski definition) is 0. The minimum Gasteiger partial charge on any atom is -0.344 e. The minimum atomic E-state index is -2.39. The number of para-hydroxylation sites is 1. The van der Waals surface area contributed by atoms with Gasteiger partial charge in [-0.3, -0.25) is 0 Å². The summed E-state index contributed by atoms with van der Waals surface area (Å²) in [5.74, 6) is 0. The molecule has 4 aromatic carbocycles. The van der Waals surface area contributed by atoms with E-state index in [-0.39, 0.29) is 0 Å². The van der Waals surface area contributed by atoms with E-state index in [1.165, 1.54) is 42.9 Å². The van der Waals surface area contributed by atoms with E-state index in [1.54, 1.807) is 0 Å². The van der Waals surface area contributed by atoms with E-state index in [2.05, 4.69) is 121 Å². The Bertz CT molecular complexity index is 1310. The zero-order valence-electron chi connectivity index (χ0n) is 16.3. The Morgan fingerprint density at radius 3 is 1.83 bits per heavy atom. The maximum absolute atomic E-state index is 2.41. The molecule has 0 aliphatic carbocycles. The summed E-state index contributed by atoms with van der Waals surface area (Å²) in [6, 6.07) is 40.4.